The van der Waals surface area contributed by atoms with Crippen LogP contribution in [0.4, 0.5) is 14.5 Å². The van der Waals surface area contributed by atoms with Gasteiger partial charge in [0.05, 0.1) is 10.5 Å². The number of aryl methyl sites for hydroxylation is 1. The summed E-state index contributed by atoms with van der Waals surface area (Å²) in [6.07, 6.45) is 1.74. The van der Waals surface area contributed by atoms with Crippen molar-refractivity contribution in [2.24, 2.45) is 0 Å². The maximum absolute atomic E-state index is 13.1. The van der Waals surface area contributed by atoms with Crippen LogP contribution in [0.2, 0.25) is 30.7 Å². The van der Waals surface area contributed by atoms with Crippen LogP contribution >= 0.6 is 11.6 Å². The summed E-state index contributed by atoms with van der Waals surface area (Å²) < 4.78 is 37.7. The molecule has 8 nitrogen and oxygen atoms in total. The monoisotopic (exact) mass is 477 g/mol. The fraction of sp³-hybridized carbons (Fsp3) is 0.526. The molecule has 0 spiro atoms. The van der Waals surface area contributed by atoms with Crippen molar-refractivity contribution in [3.8, 4) is 17.0 Å². The summed E-state index contributed by atoms with van der Waals surface area (Å²) >= 11 is 6.30. The van der Waals surface area contributed by atoms with E-state index < -0.39 is 19.6 Å². The fourth-order valence-corrected chi connectivity index (χ4v) is 3.86. The number of hydrogen-bond acceptors (Lipinski definition) is 6. The van der Waals surface area contributed by atoms with Gasteiger partial charge in [0, 0.05) is 26.3 Å². The Balaban J connectivity index is 2.47. The molecule has 0 radical (unpaired) electrons. The van der Waals surface area contributed by atoms with Gasteiger partial charge in [0.25, 0.3) is 0 Å². The number of benzene rings is 1. The van der Waals surface area contributed by atoms with Crippen LogP contribution < -0.4 is 4.74 Å². The summed E-state index contributed by atoms with van der Waals surface area (Å²) in [6, 6.07) is 3.54. The Morgan fingerprint density at radius 3 is 2.65 bits per heavy atom. The van der Waals surface area contributed by atoms with Crippen LogP contribution in [0.15, 0.2) is 18.3 Å². The minimum atomic E-state index is -3.14. The van der Waals surface area contributed by atoms with Crippen LogP contribution in [0, 0.1) is 10.1 Å². The summed E-state index contributed by atoms with van der Waals surface area (Å²) in [7, 11) is -1.34. The van der Waals surface area contributed by atoms with Crippen molar-refractivity contribution in [1.82, 2.24) is 9.78 Å². The summed E-state index contributed by atoms with van der Waals surface area (Å²) in [6.45, 7) is 3.68. The Hall–Kier alpha value is -2.08. The number of ether oxygens (including phenoxy) is 2. The molecule has 0 aliphatic carbocycles. The minimum Gasteiger partial charge on any atom is -0.434 e. The molecule has 31 heavy (non-hydrogen) atoms. The second kappa shape index (κ2) is 11.0. The molecule has 1 heterocycles. The van der Waals surface area contributed by atoms with E-state index in [2.05, 4.69) is 29.5 Å². The number of hydrogen-bond donors (Lipinski definition) is 1. The molecule has 1 N–H and O–H groups in total. The first kappa shape index (κ1) is 25.2. The lowest BCUT2D eigenvalue weighted by Crippen LogP contribution is -2.22. The third-order valence-electron chi connectivity index (χ3n) is 4.45. The molecule has 0 bridgehead atoms. The maximum Gasteiger partial charge on any atom is 0.387 e. The molecular formula is C19H26ClF2N3O5Si. The van der Waals surface area contributed by atoms with E-state index in [0.29, 0.717) is 25.0 Å². The molecule has 0 unspecified atom stereocenters. The van der Waals surface area contributed by atoms with E-state index in [-0.39, 0.29) is 41.1 Å². The number of halogens is 3. The lowest BCUT2D eigenvalue weighted by molar-refractivity contribution is -0.384. The van der Waals surface area contributed by atoms with E-state index in [1.807, 2.05) is 0 Å². The standard InChI is InChI=1S/C19H26ClF2N3O5Si/c1-31(2,3)8-7-29-12-24-18(16(11-23-24)25(27)28)14-10-15(20)13(5-4-6-26)9-17(14)30-19(21)22/h9-11,19,26H,4-8,12H2,1-3H3. The second-order valence-electron chi connectivity index (χ2n) is 8.13. The molecule has 0 fully saturated rings. The van der Waals surface area contributed by atoms with Gasteiger partial charge in [-0.25, -0.2) is 4.68 Å². The van der Waals surface area contributed by atoms with E-state index in [1.165, 1.54) is 16.8 Å². The van der Waals surface area contributed by atoms with Gasteiger partial charge in [-0.2, -0.15) is 13.9 Å². The fourth-order valence-electron chi connectivity index (χ4n) is 2.85. The van der Waals surface area contributed by atoms with Gasteiger partial charge < -0.3 is 14.6 Å². The van der Waals surface area contributed by atoms with Crippen LogP contribution in [0.1, 0.15) is 12.0 Å². The molecule has 0 amide bonds. The van der Waals surface area contributed by atoms with Crippen molar-refractivity contribution in [2.45, 2.75) is 51.9 Å². The van der Waals surface area contributed by atoms with Crippen LogP contribution in [0.3, 0.4) is 0 Å². The Morgan fingerprint density at radius 2 is 2.06 bits per heavy atom. The molecule has 0 saturated carbocycles. The van der Waals surface area contributed by atoms with E-state index in [0.717, 1.165) is 12.2 Å². The number of alkyl halides is 2. The first-order valence-electron chi connectivity index (χ1n) is 9.70. The minimum absolute atomic E-state index is 0.0102. The van der Waals surface area contributed by atoms with E-state index in [9.17, 15) is 18.9 Å². The van der Waals surface area contributed by atoms with Gasteiger partial charge in [-0.1, -0.05) is 31.2 Å². The molecule has 2 rings (SSSR count). The number of aliphatic hydroxyl groups is 1. The highest BCUT2D eigenvalue weighted by molar-refractivity contribution is 6.76. The van der Waals surface area contributed by atoms with E-state index >= 15 is 0 Å². The third kappa shape index (κ3) is 7.23. The lowest BCUT2D eigenvalue weighted by atomic mass is 10.0. The van der Waals surface area contributed by atoms with Crippen molar-refractivity contribution in [2.75, 3.05) is 13.2 Å². The Labute approximate surface area is 184 Å². The van der Waals surface area contributed by atoms with Gasteiger partial charge in [0.1, 0.15) is 18.7 Å². The predicted molar refractivity (Wildman–Crippen MR) is 115 cm³/mol. The summed E-state index contributed by atoms with van der Waals surface area (Å²) in [5, 5.41) is 24.8. The zero-order valence-corrected chi connectivity index (χ0v) is 19.4. The van der Waals surface area contributed by atoms with Crippen molar-refractivity contribution in [3.63, 3.8) is 0 Å². The van der Waals surface area contributed by atoms with Crippen molar-refractivity contribution in [1.29, 1.82) is 0 Å². The van der Waals surface area contributed by atoms with Gasteiger partial charge >= 0.3 is 12.3 Å². The molecular weight excluding hydrogens is 452 g/mol. The zero-order valence-electron chi connectivity index (χ0n) is 17.6. The van der Waals surface area contributed by atoms with Gasteiger partial charge in [0.2, 0.25) is 0 Å². The van der Waals surface area contributed by atoms with Crippen LogP contribution in [0.5, 0.6) is 5.75 Å². The van der Waals surface area contributed by atoms with Gasteiger partial charge in [0.15, 0.2) is 5.69 Å². The topological polar surface area (TPSA) is 99.7 Å². The lowest BCUT2D eigenvalue weighted by Gasteiger charge is -2.17. The van der Waals surface area contributed by atoms with Crippen LogP contribution in [-0.2, 0) is 17.9 Å². The highest BCUT2D eigenvalue weighted by atomic mass is 35.5. The molecule has 0 aliphatic heterocycles. The summed E-state index contributed by atoms with van der Waals surface area (Å²) in [5.74, 6) is -0.265. The normalized spacial score (nSPS) is 11.9. The molecule has 0 aliphatic rings. The first-order chi connectivity index (χ1) is 14.5. The molecule has 0 atom stereocenters. The number of aliphatic hydroxyl groups excluding tert-OH is 1. The summed E-state index contributed by atoms with van der Waals surface area (Å²) in [5.41, 5.74) is 0.0719. The van der Waals surface area contributed by atoms with Crippen molar-refractivity contribution >= 4 is 25.4 Å². The third-order valence-corrected chi connectivity index (χ3v) is 6.51. The Morgan fingerprint density at radius 1 is 1.35 bits per heavy atom. The zero-order chi connectivity index (χ0) is 23.2. The van der Waals surface area contributed by atoms with Gasteiger partial charge in [-0.15, -0.1) is 0 Å². The molecule has 2 aromatic rings. The highest BCUT2D eigenvalue weighted by Gasteiger charge is 2.27. The smallest absolute Gasteiger partial charge is 0.387 e. The molecule has 1 aromatic heterocycles. The van der Waals surface area contributed by atoms with E-state index in [4.69, 9.17) is 21.4 Å². The number of nitrogens with zero attached hydrogens (tertiary/aromatic N) is 3. The SMILES string of the molecule is C[Si](C)(C)CCOCn1ncc([N+](=O)[O-])c1-c1cc(Cl)c(CCCO)cc1OC(F)F. The van der Waals surface area contributed by atoms with E-state index in [1.54, 1.807) is 0 Å². The maximum atomic E-state index is 13.1. The second-order valence-corrected chi connectivity index (χ2v) is 14.2. The number of aromatic nitrogens is 2. The quantitative estimate of drug-likeness (QED) is 0.201. The number of nitro groups is 1. The molecule has 172 valence electrons. The Bertz CT molecular complexity index is 905. The molecule has 12 heteroatoms. The largest absolute Gasteiger partial charge is 0.434 e. The molecule has 1 aromatic carbocycles. The van der Waals surface area contributed by atoms with Crippen molar-refractivity contribution < 1.29 is 28.3 Å². The summed E-state index contributed by atoms with van der Waals surface area (Å²) in [4.78, 5) is 10.9. The van der Waals surface area contributed by atoms with Gasteiger partial charge in [-0.05, 0) is 36.6 Å². The first-order valence-corrected chi connectivity index (χ1v) is 13.8. The van der Waals surface area contributed by atoms with Crippen LogP contribution in [0.25, 0.3) is 11.3 Å². The average Bonchev–Trinajstić information content (AvgIpc) is 3.08. The number of rotatable bonds is 12. The van der Waals surface area contributed by atoms with Crippen LogP contribution in [-0.4, -0.2) is 47.7 Å². The highest BCUT2D eigenvalue weighted by Crippen LogP contribution is 2.40. The van der Waals surface area contributed by atoms with Gasteiger partial charge in [-0.3, -0.25) is 10.1 Å². The Kier molecular flexibility index (Phi) is 8.92. The average molecular weight is 478 g/mol. The predicted octanol–water partition coefficient (Wildman–Crippen LogP) is 4.95. The molecule has 0 saturated heterocycles. The van der Waals surface area contributed by atoms with Crippen molar-refractivity contribution in [3.05, 3.63) is 39.0 Å².